The van der Waals surface area contributed by atoms with Crippen LogP contribution in [0.4, 0.5) is 10.5 Å². The summed E-state index contributed by atoms with van der Waals surface area (Å²) < 4.78 is 15.8. The summed E-state index contributed by atoms with van der Waals surface area (Å²) in [5.41, 5.74) is 0.814. The Morgan fingerprint density at radius 3 is 2.59 bits per heavy atom. The zero-order chi connectivity index (χ0) is 19.2. The molecule has 0 bridgehead atoms. The predicted molar refractivity (Wildman–Crippen MR) is 101 cm³/mol. The molecule has 27 heavy (non-hydrogen) atoms. The number of hydrogen-bond donors (Lipinski definition) is 1. The fourth-order valence-electron chi connectivity index (χ4n) is 3.51. The van der Waals surface area contributed by atoms with Crippen molar-refractivity contribution in [2.24, 2.45) is 5.92 Å². The molecule has 0 radical (unpaired) electrons. The Labute approximate surface area is 160 Å². The highest BCUT2D eigenvalue weighted by Gasteiger charge is 2.28. The number of esters is 1. The van der Waals surface area contributed by atoms with Crippen molar-refractivity contribution in [2.75, 3.05) is 39.2 Å². The molecule has 3 rings (SSSR count). The van der Waals surface area contributed by atoms with E-state index < -0.39 is 5.97 Å². The molecule has 2 aliphatic rings. The predicted octanol–water partition coefficient (Wildman–Crippen LogP) is 3.29. The third-order valence-corrected chi connectivity index (χ3v) is 5.30. The smallest absolute Gasteiger partial charge is 0.337 e. The second-order valence-electron chi connectivity index (χ2n) is 7.17. The van der Waals surface area contributed by atoms with Gasteiger partial charge < -0.3 is 24.4 Å². The number of carbonyl (C=O) groups is 2. The van der Waals surface area contributed by atoms with Gasteiger partial charge in [-0.3, -0.25) is 0 Å². The monoisotopic (exact) mass is 376 g/mol. The van der Waals surface area contributed by atoms with E-state index in [4.69, 9.17) is 14.2 Å². The first-order chi connectivity index (χ1) is 13.1. The van der Waals surface area contributed by atoms with Crippen LogP contribution in [0.1, 0.15) is 42.5 Å². The number of nitrogens with one attached hydrogen (secondary N) is 1. The zero-order valence-electron chi connectivity index (χ0n) is 16.0. The molecule has 1 aliphatic carbocycles. The van der Waals surface area contributed by atoms with Crippen molar-refractivity contribution in [2.45, 2.75) is 38.2 Å². The van der Waals surface area contributed by atoms with Crippen molar-refractivity contribution >= 4 is 17.7 Å². The number of urea groups is 1. The van der Waals surface area contributed by atoms with Crippen LogP contribution in [0, 0.1) is 5.92 Å². The van der Waals surface area contributed by atoms with Gasteiger partial charge in [-0.25, -0.2) is 9.59 Å². The summed E-state index contributed by atoms with van der Waals surface area (Å²) in [7, 11) is 2.86. The lowest BCUT2D eigenvalue weighted by Gasteiger charge is -2.33. The first kappa shape index (κ1) is 19.5. The van der Waals surface area contributed by atoms with E-state index in [0.29, 0.717) is 29.5 Å². The van der Waals surface area contributed by atoms with Crippen LogP contribution in [0.2, 0.25) is 0 Å². The van der Waals surface area contributed by atoms with Crippen LogP contribution >= 0.6 is 0 Å². The van der Waals surface area contributed by atoms with Crippen LogP contribution in [-0.2, 0) is 9.47 Å². The summed E-state index contributed by atoms with van der Waals surface area (Å²) in [6, 6.07) is 4.64. The molecule has 1 atom stereocenters. The maximum absolute atomic E-state index is 13.0. The largest absolute Gasteiger partial charge is 0.495 e. The maximum Gasteiger partial charge on any atom is 0.337 e. The van der Waals surface area contributed by atoms with Gasteiger partial charge in [-0.2, -0.15) is 0 Å². The third-order valence-electron chi connectivity index (χ3n) is 5.30. The van der Waals surface area contributed by atoms with E-state index in [9.17, 15) is 9.59 Å². The Bertz CT molecular complexity index is 668. The van der Waals surface area contributed by atoms with Crippen LogP contribution in [0.15, 0.2) is 18.2 Å². The van der Waals surface area contributed by atoms with Gasteiger partial charge in [0.1, 0.15) is 5.75 Å². The summed E-state index contributed by atoms with van der Waals surface area (Å²) in [5, 5.41) is 2.91. The third kappa shape index (κ3) is 4.91. The fraction of sp³-hybridized carbons (Fsp3) is 0.600. The average molecular weight is 376 g/mol. The Hall–Kier alpha value is -2.28. The van der Waals surface area contributed by atoms with Crippen LogP contribution in [0.5, 0.6) is 5.75 Å². The zero-order valence-corrected chi connectivity index (χ0v) is 16.0. The van der Waals surface area contributed by atoms with Crippen molar-refractivity contribution in [3.05, 3.63) is 23.8 Å². The van der Waals surface area contributed by atoms with Gasteiger partial charge in [0.2, 0.25) is 0 Å². The van der Waals surface area contributed by atoms with Gasteiger partial charge in [0, 0.05) is 19.7 Å². The number of benzene rings is 1. The number of nitrogens with zero attached hydrogens (tertiary/aromatic N) is 1. The summed E-state index contributed by atoms with van der Waals surface area (Å²) >= 11 is 0. The molecule has 1 aromatic carbocycles. The molecule has 1 heterocycles. The van der Waals surface area contributed by atoms with Gasteiger partial charge in [0.05, 0.1) is 31.6 Å². The van der Waals surface area contributed by atoms with Gasteiger partial charge in [0.15, 0.2) is 0 Å². The SMILES string of the molecule is COC(=O)c1ccc(OC)c(NC(=O)N(CC2CCC2)CC2CCCO2)c1. The molecule has 1 unspecified atom stereocenters. The lowest BCUT2D eigenvalue weighted by atomic mass is 9.85. The van der Waals surface area contributed by atoms with Crippen LogP contribution < -0.4 is 10.1 Å². The van der Waals surface area contributed by atoms with E-state index in [1.807, 2.05) is 4.90 Å². The highest BCUT2D eigenvalue weighted by atomic mass is 16.5. The number of hydrogen-bond acceptors (Lipinski definition) is 5. The van der Waals surface area contributed by atoms with Crippen LogP contribution in [0.25, 0.3) is 0 Å². The van der Waals surface area contributed by atoms with E-state index in [-0.39, 0.29) is 12.1 Å². The van der Waals surface area contributed by atoms with Crippen LogP contribution in [0.3, 0.4) is 0 Å². The van der Waals surface area contributed by atoms with E-state index in [1.54, 1.807) is 18.2 Å². The summed E-state index contributed by atoms with van der Waals surface area (Å²) in [6.45, 7) is 2.07. The lowest BCUT2D eigenvalue weighted by Crippen LogP contribution is -2.44. The minimum absolute atomic E-state index is 0.0964. The fourth-order valence-corrected chi connectivity index (χ4v) is 3.51. The molecule has 2 amide bonds. The topological polar surface area (TPSA) is 77.1 Å². The number of amides is 2. The molecule has 1 saturated carbocycles. The quantitative estimate of drug-likeness (QED) is 0.739. The van der Waals surface area contributed by atoms with Gasteiger partial charge in [-0.15, -0.1) is 0 Å². The molecule has 7 heteroatoms. The molecular weight excluding hydrogens is 348 g/mol. The first-order valence-corrected chi connectivity index (χ1v) is 9.54. The first-order valence-electron chi connectivity index (χ1n) is 9.54. The maximum atomic E-state index is 13.0. The molecule has 1 aromatic rings. The highest BCUT2D eigenvalue weighted by molar-refractivity contribution is 5.95. The van der Waals surface area contributed by atoms with E-state index in [1.165, 1.54) is 20.6 Å². The molecule has 148 valence electrons. The van der Waals surface area contributed by atoms with Crippen LogP contribution in [-0.4, -0.2) is 56.9 Å². The van der Waals surface area contributed by atoms with Crippen molar-refractivity contribution in [3.63, 3.8) is 0 Å². The number of anilines is 1. The minimum atomic E-state index is -0.459. The lowest BCUT2D eigenvalue weighted by molar-refractivity contribution is 0.0600. The van der Waals surface area contributed by atoms with Gasteiger partial charge >= 0.3 is 12.0 Å². The Kier molecular flexibility index (Phi) is 6.55. The van der Waals surface area contributed by atoms with Crippen molar-refractivity contribution in [1.82, 2.24) is 4.90 Å². The van der Waals surface area contributed by atoms with E-state index >= 15 is 0 Å². The molecule has 1 saturated heterocycles. The average Bonchev–Trinajstić information content (AvgIpc) is 3.15. The van der Waals surface area contributed by atoms with Gasteiger partial charge in [-0.1, -0.05) is 6.42 Å². The summed E-state index contributed by atoms with van der Waals surface area (Å²) in [6.07, 6.45) is 5.68. The molecular formula is C20H28N2O5. The molecule has 1 N–H and O–H groups in total. The number of methoxy groups -OCH3 is 2. The molecule has 1 aliphatic heterocycles. The Morgan fingerprint density at radius 1 is 1.19 bits per heavy atom. The van der Waals surface area contributed by atoms with Gasteiger partial charge in [0.25, 0.3) is 0 Å². The Morgan fingerprint density at radius 2 is 2.00 bits per heavy atom. The van der Waals surface area contributed by atoms with E-state index in [0.717, 1.165) is 38.8 Å². The summed E-state index contributed by atoms with van der Waals surface area (Å²) in [5.74, 6) is 0.594. The standard InChI is InChI=1S/C20H28N2O5/c1-25-18-9-8-15(19(23)26-2)11-17(18)21-20(24)22(12-14-5-3-6-14)13-16-7-4-10-27-16/h8-9,11,14,16H,3-7,10,12-13H2,1-2H3,(H,21,24). The van der Waals surface area contributed by atoms with E-state index in [2.05, 4.69) is 5.32 Å². The van der Waals surface area contributed by atoms with Crippen molar-refractivity contribution < 1.29 is 23.8 Å². The number of carbonyl (C=O) groups excluding carboxylic acids is 2. The molecule has 0 spiro atoms. The van der Waals surface area contributed by atoms with Crippen molar-refractivity contribution in [1.29, 1.82) is 0 Å². The van der Waals surface area contributed by atoms with Crippen molar-refractivity contribution in [3.8, 4) is 5.75 Å². The molecule has 0 aromatic heterocycles. The molecule has 7 nitrogen and oxygen atoms in total. The minimum Gasteiger partial charge on any atom is -0.495 e. The Balaban J connectivity index is 1.73. The second kappa shape index (κ2) is 9.08. The van der Waals surface area contributed by atoms with Gasteiger partial charge in [-0.05, 0) is 49.8 Å². The molecule has 2 fully saturated rings. The normalized spacial score (nSPS) is 19.3. The second-order valence-corrected chi connectivity index (χ2v) is 7.17. The summed E-state index contributed by atoms with van der Waals surface area (Å²) in [4.78, 5) is 26.6. The number of rotatable bonds is 7. The highest BCUT2D eigenvalue weighted by Crippen LogP contribution is 2.29. The number of ether oxygens (including phenoxy) is 3.